The molecule has 0 saturated heterocycles. The third-order valence-corrected chi connectivity index (χ3v) is 4.78. The molecule has 134 valence electrons. The first kappa shape index (κ1) is 20.8. The number of nitriles is 1. The molecule has 0 aliphatic heterocycles. The number of hydrogen-bond donors (Lipinski definition) is 1. The highest BCUT2D eigenvalue weighted by molar-refractivity contribution is 9.11. The van der Waals surface area contributed by atoms with E-state index in [0.717, 1.165) is 4.47 Å². The average molecular weight is 519 g/mol. The lowest BCUT2D eigenvalue weighted by Crippen LogP contribution is -2.14. The largest absolute Gasteiger partial charge is 0.492 e. The molecule has 0 radical (unpaired) electrons. The van der Waals surface area contributed by atoms with Gasteiger partial charge in [0.2, 0.25) is 0 Å². The second-order valence-corrected chi connectivity index (χ2v) is 7.60. The van der Waals surface area contributed by atoms with Crippen LogP contribution in [0.5, 0.6) is 5.75 Å². The highest BCUT2D eigenvalue weighted by Gasteiger charge is 2.15. The molecule has 0 aliphatic rings. The van der Waals surface area contributed by atoms with Gasteiger partial charge in [-0.2, -0.15) is 5.26 Å². The van der Waals surface area contributed by atoms with E-state index in [9.17, 15) is 10.1 Å². The van der Waals surface area contributed by atoms with Crippen molar-refractivity contribution in [3.63, 3.8) is 0 Å². The molecule has 0 aromatic heterocycles. The fourth-order valence-electron chi connectivity index (χ4n) is 2.07. The summed E-state index contributed by atoms with van der Waals surface area (Å²) in [4.78, 5) is 12.5. The number of nitrogens with zero attached hydrogens (tertiary/aromatic N) is 1. The summed E-state index contributed by atoms with van der Waals surface area (Å²) in [5.74, 6) is -0.0627. The highest BCUT2D eigenvalue weighted by Crippen LogP contribution is 2.34. The normalized spacial score (nSPS) is 11.0. The molecule has 2 rings (SSSR count). The van der Waals surface area contributed by atoms with Gasteiger partial charge in [0.25, 0.3) is 5.91 Å². The van der Waals surface area contributed by atoms with E-state index in [0.29, 0.717) is 38.1 Å². The predicted octanol–water partition coefficient (Wildman–Crippen LogP) is 6.46. The number of carbonyl (C=O) groups is 1. The minimum atomic E-state index is -0.602. The number of halogens is 4. The van der Waals surface area contributed by atoms with Crippen molar-refractivity contribution >= 4 is 72.7 Å². The lowest BCUT2D eigenvalue weighted by atomic mass is 10.1. The molecule has 8 heteroatoms. The smallest absolute Gasteiger partial charge is 0.266 e. The van der Waals surface area contributed by atoms with Crippen LogP contribution < -0.4 is 10.1 Å². The van der Waals surface area contributed by atoms with Gasteiger partial charge >= 0.3 is 0 Å². The van der Waals surface area contributed by atoms with Gasteiger partial charge in [0.15, 0.2) is 0 Å². The average Bonchev–Trinajstić information content (AvgIpc) is 2.58. The second-order valence-electron chi connectivity index (χ2n) is 4.99. The first-order chi connectivity index (χ1) is 12.3. The van der Waals surface area contributed by atoms with E-state index in [4.69, 9.17) is 27.9 Å². The number of hydrogen-bond acceptors (Lipinski definition) is 3. The number of ether oxygens (including phenoxy) is 1. The van der Waals surface area contributed by atoms with Crippen molar-refractivity contribution in [2.45, 2.75) is 6.92 Å². The van der Waals surface area contributed by atoms with Crippen LogP contribution in [0.1, 0.15) is 12.5 Å². The third kappa shape index (κ3) is 5.24. The number of anilines is 1. The van der Waals surface area contributed by atoms with Gasteiger partial charge in [0.05, 0.1) is 21.8 Å². The maximum absolute atomic E-state index is 12.5. The van der Waals surface area contributed by atoms with Crippen molar-refractivity contribution in [1.29, 1.82) is 5.26 Å². The van der Waals surface area contributed by atoms with E-state index >= 15 is 0 Å². The summed E-state index contributed by atoms with van der Waals surface area (Å²) in [6, 6.07) is 10.2. The van der Waals surface area contributed by atoms with E-state index in [1.54, 1.807) is 18.2 Å². The summed E-state index contributed by atoms with van der Waals surface area (Å²) in [6.07, 6.45) is 1.45. The van der Waals surface area contributed by atoms with Crippen LogP contribution in [0.25, 0.3) is 6.08 Å². The summed E-state index contributed by atoms with van der Waals surface area (Å²) in [6.45, 7) is 2.29. The molecule has 0 atom stereocenters. The SMILES string of the molecule is CCOc1c(Br)cc(Br)cc1/C=C(\C#N)C(=O)Nc1cc(Cl)ccc1Cl. The van der Waals surface area contributed by atoms with Gasteiger partial charge in [0, 0.05) is 15.1 Å². The Bertz CT molecular complexity index is 924. The van der Waals surface area contributed by atoms with Crippen molar-refractivity contribution in [2.75, 3.05) is 11.9 Å². The van der Waals surface area contributed by atoms with Gasteiger partial charge in [-0.25, -0.2) is 0 Å². The van der Waals surface area contributed by atoms with Crippen molar-refractivity contribution in [3.8, 4) is 11.8 Å². The monoisotopic (exact) mass is 516 g/mol. The minimum Gasteiger partial charge on any atom is -0.492 e. The Morgan fingerprint density at radius 1 is 1.31 bits per heavy atom. The molecule has 26 heavy (non-hydrogen) atoms. The third-order valence-electron chi connectivity index (χ3n) is 3.17. The van der Waals surface area contributed by atoms with Gasteiger partial charge in [-0.15, -0.1) is 0 Å². The first-order valence-electron chi connectivity index (χ1n) is 7.35. The number of benzene rings is 2. The first-order valence-corrected chi connectivity index (χ1v) is 9.70. The zero-order chi connectivity index (χ0) is 19.3. The molecule has 4 nitrogen and oxygen atoms in total. The summed E-state index contributed by atoms with van der Waals surface area (Å²) in [5, 5.41) is 12.7. The number of carbonyl (C=O) groups excluding carboxylic acids is 1. The van der Waals surface area contributed by atoms with Crippen molar-refractivity contribution < 1.29 is 9.53 Å². The van der Waals surface area contributed by atoms with Crippen LogP contribution in [0.4, 0.5) is 5.69 Å². The Morgan fingerprint density at radius 3 is 2.69 bits per heavy atom. The summed E-state index contributed by atoms with van der Waals surface area (Å²) >= 11 is 18.8. The van der Waals surface area contributed by atoms with Crippen LogP contribution in [0.2, 0.25) is 10.0 Å². The van der Waals surface area contributed by atoms with E-state index in [1.165, 1.54) is 12.1 Å². The second kappa shape index (κ2) is 9.43. The molecule has 0 heterocycles. The number of amides is 1. The summed E-state index contributed by atoms with van der Waals surface area (Å²) in [5.41, 5.74) is 0.801. The van der Waals surface area contributed by atoms with Gasteiger partial charge in [-0.3, -0.25) is 4.79 Å². The fourth-order valence-corrected chi connectivity index (χ4v) is 3.78. The molecule has 1 N–H and O–H groups in total. The quantitative estimate of drug-likeness (QED) is 0.365. The molecule has 0 saturated carbocycles. The van der Waals surface area contributed by atoms with E-state index in [-0.39, 0.29) is 5.57 Å². The maximum atomic E-state index is 12.5. The molecule has 0 fully saturated rings. The summed E-state index contributed by atoms with van der Waals surface area (Å²) < 4.78 is 7.09. The Morgan fingerprint density at radius 2 is 2.04 bits per heavy atom. The Hall–Kier alpha value is -1.52. The number of nitrogens with one attached hydrogen (secondary N) is 1. The number of rotatable bonds is 5. The summed E-state index contributed by atoms with van der Waals surface area (Å²) in [7, 11) is 0. The van der Waals surface area contributed by atoms with Gasteiger partial charge in [0.1, 0.15) is 17.4 Å². The van der Waals surface area contributed by atoms with Crippen LogP contribution in [-0.4, -0.2) is 12.5 Å². The zero-order valence-electron chi connectivity index (χ0n) is 13.4. The molecular weight excluding hydrogens is 507 g/mol. The van der Waals surface area contributed by atoms with Crippen LogP contribution >= 0.6 is 55.1 Å². The lowest BCUT2D eigenvalue weighted by Gasteiger charge is -2.11. The van der Waals surface area contributed by atoms with E-state index in [2.05, 4.69) is 37.2 Å². The molecule has 0 bridgehead atoms. The van der Waals surface area contributed by atoms with Crippen LogP contribution in [0.3, 0.4) is 0 Å². The molecule has 2 aromatic carbocycles. The Balaban J connectivity index is 2.40. The fraction of sp³-hybridized carbons (Fsp3) is 0.111. The maximum Gasteiger partial charge on any atom is 0.266 e. The molecule has 0 unspecified atom stereocenters. The lowest BCUT2D eigenvalue weighted by molar-refractivity contribution is -0.112. The van der Waals surface area contributed by atoms with Crippen molar-refractivity contribution in [2.24, 2.45) is 0 Å². The highest BCUT2D eigenvalue weighted by atomic mass is 79.9. The molecule has 2 aromatic rings. The molecule has 0 aliphatic carbocycles. The Kier molecular flexibility index (Phi) is 7.54. The zero-order valence-corrected chi connectivity index (χ0v) is 18.1. The van der Waals surface area contributed by atoms with Crippen LogP contribution in [0.15, 0.2) is 44.9 Å². The van der Waals surface area contributed by atoms with Crippen molar-refractivity contribution in [3.05, 3.63) is 60.5 Å². The van der Waals surface area contributed by atoms with Crippen LogP contribution in [-0.2, 0) is 4.79 Å². The Labute approximate surface area is 178 Å². The van der Waals surface area contributed by atoms with Gasteiger partial charge < -0.3 is 10.1 Å². The standard InChI is InChI=1S/C18H12Br2Cl2N2O2/c1-2-26-17-10(6-12(19)7-14(17)20)5-11(9-23)18(25)24-16-8-13(21)3-4-15(16)22/h3-8H,2H2,1H3,(H,24,25)/b11-5+. The van der Waals surface area contributed by atoms with Crippen molar-refractivity contribution in [1.82, 2.24) is 0 Å². The van der Waals surface area contributed by atoms with E-state index in [1.807, 2.05) is 19.1 Å². The molecule has 1 amide bonds. The topological polar surface area (TPSA) is 62.1 Å². The predicted molar refractivity (Wildman–Crippen MR) is 112 cm³/mol. The molecular formula is C18H12Br2Cl2N2O2. The van der Waals surface area contributed by atoms with Gasteiger partial charge in [-0.1, -0.05) is 39.1 Å². The van der Waals surface area contributed by atoms with Crippen LogP contribution in [0, 0.1) is 11.3 Å². The van der Waals surface area contributed by atoms with Gasteiger partial charge in [-0.05, 0) is 59.3 Å². The minimum absolute atomic E-state index is 0.105. The molecule has 0 spiro atoms. The van der Waals surface area contributed by atoms with E-state index < -0.39 is 5.91 Å².